The number of nitrogens with zero attached hydrogens (tertiary/aromatic N) is 3. The number of hydrogen-bond donors (Lipinski definition) is 2. The fourth-order valence-corrected chi connectivity index (χ4v) is 3.86. The van der Waals surface area contributed by atoms with Crippen LogP contribution in [0, 0.1) is 17.1 Å². The minimum atomic E-state index is -0.549. The zero-order valence-corrected chi connectivity index (χ0v) is 20.6. The lowest BCUT2D eigenvalue weighted by Crippen LogP contribution is -2.18. The fraction of sp³-hybridized carbons (Fsp3) is 0.269. The van der Waals surface area contributed by atoms with E-state index in [0.29, 0.717) is 53.5 Å². The molecule has 1 aliphatic rings. The lowest BCUT2D eigenvalue weighted by Gasteiger charge is -2.18. The number of ether oxygens (including phenoxy) is 2. The van der Waals surface area contributed by atoms with Gasteiger partial charge in [-0.25, -0.2) is 4.39 Å². The summed E-state index contributed by atoms with van der Waals surface area (Å²) < 4.78 is 25.2. The average molecular weight is 510 g/mol. The molecule has 2 N–H and O–H groups in total. The van der Waals surface area contributed by atoms with Gasteiger partial charge in [0.25, 0.3) is 0 Å². The molecule has 0 bridgehead atoms. The highest BCUT2D eigenvalue weighted by Gasteiger charge is 2.21. The van der Waals surface area contributed by atoms with Gasteiger partial charge in [0.15, 0.2) is 0 Å². The van der Waals surface area contributed by atoms with Gasteiger partial charge in [-0.15, -0.1) is 0 Å². The first-order valence-corrected chi connectivity index (χ1v) is 11.7. The zero-order valence-electron chi connectivity index (χ0n) is 19.8. The molecule has 10 heteroatoms. The second-order valence-electron chi connectivity index (χ2n) is 8.54. The van der Waals surface area contributed by atoms with Gasteiger partial charge >= 0.3 is 0 Å². The average Bonchev–Trinajstić information content (AvgIpc) is 3.35. The number of carbonyl (C=O) groups is 1. The molecule has 0 spiro atoms. The Morgan fingerprint density at radius 2 is 2.22 bits per heavy atom. The van der Waals surface area contributed by atoms with Crippen LogP contribution < -0.4 is 15.4 Å². The number of halogens is 2. The van der Waals surface area contributed by atoms with Gasteiger partial charge in [-0.3, -0.25) is 9.78 Å². The van der Waals surface area contributed by atoms with E-state index in [1.807, 2.05) is 19.0 Å². The number of fused-ring (bicyclic) bond motifs is 1. The van der Waals surface area contributed by atoms with Gasteiger partial charge in [0.2, 0.25) is 5.91 Å². The minimum absolute atomic E-state index is 0.0520. The second kappa shape index (κ2) is 11.4. The van der Waals surface area contributed by atoms with Crippen LogP contribution in [0.4, 0.5) is 21.5 Å². The third kappa shape index (κ3) is 6.10. The van der Waals surface area contributed by atoms with Crippen LogP contribution in [-0.4, -0.2) is 55.7 Å². The molecule has 1 atom stereocenters. The zero-order chi connectivity index (χ0) is 25.7. The molecule has 0 aliphatic carbocycles. The van der Waals surface area contributed by atoms with Crippen LogP contribution in [0.25, 0.3) is 10.9 Å². The first-order valence-electron chi connectivity index (χ1n) is 11.3. The molecule has 0 unspecified atom stereocenters. The van der Waals surface area contributed by atoms with Gasteiger partial charge in [0, 0.05) is 42.4 Å². The normalized spacial score (nSPS) is 15.4. The van der Waals surface area contributed by atoms with Crippen molar-refractivity contribution >= 4 is 45.5 Å². The number of hydrogen-bond acceptors (Lipinski definition) is 7. The van der Waals surface area contributed by atoms with E-state index in [4.69, 9.17) is 21.1 Å². The van der Waals surface area contributed by atoms with Crippen molar-refractivity contribution in [2.45, 2.75) is 12.5 Å². The summed E-state index contributed by atoms with van der Waals surface area (Å²) in [5.74, 6) is -0.430. The van der Waals surface area contributed by atoms with E-state index in [9.17, 15) is 14.4 Å². The fourth-order valence-electron chi connectivity index (χ4n) is 3.68. The first kappa shape index (κ1) is 25.4. The second-order valence-corrected chi connectivity index (χ2v) is 8.94. The van der Waals surface area contributed by atoms with Crippen molar-refractivity contribution in [3.63, 3.8) is 0 Å². The van der Waals surface area contributed by atoms with E-state index >= 15 is 0 Å². The number of carbonyl (C=O) groups excluding carboxylic acids is 1. The molecule has 1 fully saturated rings. The number of nitriles is 1. The summed E-state index contributed by atoms with van der Waals surface area (Å²) in [6.07, 6.45) is 5.23. The minimum Gasteiger partial charge on any atom is -0.486 e. The van der Waals surface area contributed by atoms with Crippen LogP contribution in [-0.2, 0) is 9.53 Å². The maximum Gasteiger partial charge on any atom is 0.248 e. The number of likely N-dealkylation sites (N-methyl/N-ethyl adjacent to an activating group) is 1. The van der Waals surface area contributed by atoms with Gasteiger partial charge in [0.05, 0.1) is 40.7 Å². The maximum absolute atomic E-state index is 13.7. The van der Waals surface area contributed by atoms with Crippen molar-refractivity contribution in [2.75, 3.05) is 44.5 Å². The Balaban J connectivity index is 1.76. The van der Waals surface area contributed by atoms with Gasteiger partial charge in [-0.1, -0.05) is 17.7 Å². The molecule has 1 saturated heterocycles. The molecule has 186 valence electrons. The molecule has 1 aromatic heterocycles. The third-order valence-electron chi connectivity index (χ3n) is 5.46. The molecule has 1 amide bonds. The molecule has 0 saturated carbocycles. The van der Waals surface area contributed by atoms with Crippen LogP contribution in [0.15, 0.2) is 48.7 Å². The number of pyridine rings is 1. The third-order valence-corrected chi connectivity index (χ3v) is 5.75. The predicted octanol–water partition coefficient (Wildman–Crippen LogP) is 4.87. The number of anilines is 3. The topological polar surface area (TPSA) is 99.5 Å². The van der Waals surface area contributed by atoms with Crippen molar-refractivity contribution in [1.29, 1.82) is 5.26 Å². The Kier molecular flexibility index (Phi) is 8.00. The van der Waals surface area contributed by atoms with Crippen molar-refractivity contribution in [1.82, 2.24) is 9.88 Å². The SMILES string of the molecule is CN(C)CC=CC(=O)Nc1cc2c(Nc3ccc(F)c(Cl)c3)c(C#N)cnc2cc1O[C@H]1CCOC1. The molecule has 2 aromatic carbocycles. The van der Waals surface area contributed by atoms with E-state index in [1.165, 1.54) is 30.5 Å². The van der Waals surface area contributed by atoms with Gasteiger partial charge < -0.3 is 25.0 Å². The molecular weight excluding hydrogens is 485 g/mol. The monoisotopic (exact) mass is 509 g/mol. The number of benzene rings is 2. The number of nitrogens with one attached hydrogen (secondary N) is 2. The van der Waals surface area contributed by atoms with Gasteiger partial charge in [0.1, 0.15) is 23.7 Å². The summed E-state index contributed by atoms with van der Waals surface area (Å²) in [5.41, 5.74) is 2.17. The Morgan fingerprint density at radius 1 is 1.39 bits per heavy atom. The van der Waals surface area contributed by atoms with Gasteiger partial charge in [-0.05, 0) is 38.4 Å². The Hall–Kier alpha value is -3.71. The molecule has 8 nitrogen and oxygen atoms in total. The Morgan fingerprint density at radius 3 is 2.92 bits per heavy atom. The van der Waals surface area contributed by atoms with Gasteiger partial charge in [-0.2, -0.15) is 5.26 Å². The van der Waals surface area contributed by atoms with E-state index in [0.717, 1.165) is 6.42 Å². The Bertz CT molecular complexity index is 1350. The van der Waals surface area contributed by atoms with Crippen molar-refractivity contribution in [3.05, 3.63) is 65.1 Å². The summed E-state index contributed by atoms with van der Waals surface area (Å²) in [5, 5.41) is 16.3. The molecule has 3 aromatic rings. The highest BCUT2D eigenvalue weighted by Crippen LogP contribution is 2.37. The molecule has 36 heavy (non-hydrogen) atoms. The summed E-state index contributed by atoms with van der Waals surface area (Å²) >= 11 is 5.94. The predicted molar refractivity (Wildman–Crippen MR) is 137 cm³/mol. The maximum atomic E-state index is 13.7. The number of rotatable bonds is 8. The molecule has 2 heterocycles. The molecule has 0 radical (unpaired) electrons. The lowest BCUT2D eigenvalue weighted by atomic mass is 10.1. The Labute approximate surface area is 213 Å². The van der Waals surface area contributed by atoms with Crippen molar-refractivity contribution in [3.8, 4) is 11.8 Å². The van der Waals surface area contributed by atoms with E-state index < -0.39 is 5.82 Å². The quantitative estimate of drug-likeness (QED) is 0.418. The first-order chi connectivity index (χ1) is 17.3. The van der Waals surface area contributed by atoms with Crippen LogP contribution in [0.1, 0.15) is 12.0 Å². The van der Waals surface area contributed by atoms with Crippen LogP contribution in [0.5, 0.6) is 5.75 Å². The highest BCUT2D eigenvalue weighted by atomic mass is 35.5. The van der Waals surface area contributed by atoms with E-state index in [2.05, 4.69) is 21.7 Å². The van der Waals surface area contributed by atoms with Crippen LogP contribution >= 0.6 is 11.6 Å². The summed E-state index contributed by atoms with van der Waals surface area (Å²) in [6.45, 7) is 1.66. The van der Waals surface area contributed by atoms with E-state index in [-0.39, 0.29) is 22.6 Å². The summed E-state index contributed by atoms with van der Waals surface area (Å²) in [6, 6.07) is 9.74. The lowest BCUT2D eigenvalue weighted by molar-refractivity contribution is -0.111. The largest absolute Gasteiger partial charge is 0.486 e. The standard InChI is InChI=1S/C26H25ClFN5O3/c1-33(2)8-3-4-25(34)32-23-11-19-22(12-24(23)36-18-7-9-35-15-18)30-14-16(13-29)26(19)31-17-5-6-21(28)20(27)10-17/h3-6,10-12,14,18H,7-9,15H2,1-2H3,(H,30,31)(H,32,34)/t18-/m0/s1. The van der Waals surface area contributed by atoms with Crippen LogP contribution in [0.3, 0.4) is 0 Å². The molecule has 1 aliphatic heterocycles. The summed E-state index contributed by atoms with van der Waals surface area (Å²) in [7, 11) is 3.81. The smallest absolute Gasteiger partial charge is 0.248 e. The number of amides is 1. The van der Waals surface area contributed by atoms with E-state index in [1.54, 1.807) is 18.2 Å². The molecular formula is C26H25ClFN5O3. The van der Waals surface area contributed by atoms with Crippen molar-refractivity contribution in [2.24, 2.45) is 0 Å². The van der Waals surface area contributed by atoms with Crippen LogP contribution in [0.2, 0.25) is 5.02 Å². The van der Waals surface area contributed by atoms with Crippen molar-refractivity contribution < 1.29 is 18.7 Å². The number of aromatic nitrogens is 1. The molecule has 4 rings (SSSR count). The summed E-state index contributed by atoms with van der Waals surface area (Å²) in [4.78, 5) is 19.0. The highest BCUT2D eigenvalue weighted by molar-refractivity contribution is 6.31.